The molecule has 6 nitrogen and oxygen atoms in total. The van der Waals surface area contributed by atoms with Gasteiger partial charge in [-0.05, 0) is 37.0 Å². The fraction of sp³-hybridized carbons (Fsp3) is 0.235. The molecule has 0 radical (unpaired) electrons. The molecule has 0 aliphatic carbocycles. The SMILES string of the molecule is O=S(=O)(CCCCc1ccccc1)c1nnc(-c2ccccn2)o1. The largest absolute Gasteiger partial charge is 0.406 e. The second-order valence-electron chi connectivity index (χ2n) is 5.35. The van der Waals surface area contributed by atoms with E-state index in [1.165, 1.54) is 5.56 Å². The summed E-state index contributed by atoms with van der Waals surface area (Å²) in [5, 5.41) is 7.08. The van der Waals surface area contributed by atoms with Gasteiger partial charge in [-0.1, -0.05) is 41.5 Å². The van der Waals surface area contributed by atoms with Gasteiger partial charge in [0.1, 0.15) is 5.69 Å². The number of benzene rings is 1. The zero-order valence-electron chi connectivity index (χ0n) is 13.0. The van der Waals surface area contributed by atoms with Crippen molar-refractivity contribution in [2.75, 3.05) is 5.75 Å². The van der Waals surface area contributed by atoms with Gasteiger partial charge in [-0.2, -0.15) is 0 Å². The van der Waals surface area contributed by atoms with Crippen LogP contribution in [0.2, 0.25) is 0 Å². The number of sulfone groups is 1. The highest BCUT2D eigenvalue weighted by atomic mass is 32.2. The molecule has 24 heavy (non-hydrogen) atoms. The quantitative estimate of drug-likeness (QED) is 0.613. The van der Waals surface area contributed by atoms with E-state index in [1.807, 2.05) is 30.3 Å². The smallest absolute Gasteiger partial charge is 0.335 e. The van der Waals surface area contributed by atoms with E-state index in [4.69, 9.17) is 4.42 Å². The summed E-state index contributed by atoms with van der Waals surface area (Å²) in [6, 6.07) is 15.2. The Morgan fingerprint density at radius 2 is 1.71 bits per heavy atom. The number of pyridine rings is 1. The van der Waals surface area contributed by atoms with E-state index in [1.54, 1.807) is 24.4 Å². The Labute approximate surface area is 140 Å². The predicted molar refractivity (Wildman–Crippen MR) is 89.0 cm³/mol. The van der Waals surface area contributed by atoms with Crippen molar-refractivity contribution in [1.82, 2.24) is 15.2 Å². The molecule has 0 saturated heterocycles. The number of rotatable bonds is 7. The van der Waals surface area contributed by atoms with Crippen LogP contribution in [0.1, 0.15) is 18.4 Å². The van der Waals surface area contributed by atoms with Gasteiger partial charge in [-0.3, -0.25) is 4.98 Å². The van der Waals surface area contributed by atoms with Crippen LogP contribution in [0.5, 0.6) is 0 Å². The van der Waals surface area contributed by atoms with E-state index in [2.05, 4.69) is 15.2 Å². The molecule has 124 valence electrons. The fourth-order valence-corrected chi connectivity index (χ4v) is 3.41. The van der Waals surface area contributed by atoms with Crippen LogP contribution in [-0.2, 0) is 16.3 Å². The summed E-state index contributed by atoms with van der Waals surface area (Å²) in [7, 11) is -3.57. The third-order valence-corrected chi connectivity index (χ3v) is 5.05. The lowest BCUT2D eigenvalue weighted by Crippen LogP contribution is -2.07. The van der Waals surface area contributed by atoms with Crippen LogP contribution in [0.3, 0.4) is 0 Å². The van der Waals surface area contributed by atoms with Crippen molar-refractivity contribution < 1.29 is 12.8 Å². The zero-order chi connectivity index (χ0) is 16.8. The zero-order valence-corrected chi connectivity index (χ0v) is 13.8. The Balaban J connectivity index is 1.58. The Kier molecular flexibility index (Phi) is 5.00. The number of aromatic nitrogens is 3. The molecule has 0 amide bonds. The molecule has 3 aromatic rings. The van der Waals surface area contributed by atoms with Gasteiger partial charge in [0.05, 0.1) is 5.75 Å². The molecule has 0 aliphatic rings. The second-order valence-corrected chi connectivity index (χ2v) is 7.34. The Hall–Kier alpha value is -2.54. The van der Waals surface area contributed by atoms with Crippen LogP contribution in [-0.4, -0.2) is 29.4 Å². The summed E-state index contributed by atoms with van der Waals surface area (Å²) in [6.07, 6.45) is 3.75. The Morgan fingerprint density at radius 3 is 2.46 bits per heavy atom. The minimum atomic E-state index is -3.57. The van der Waals surface area contributed by atoms with Crippen LogP contribution < -0.4 is 0 Å². The van der Waals surface area contributed by atoms with E-state index in [0.29, 0.717) is 12.1 Å². The number of hydrogen-bond donors (Lipinski definition) is 0. The minimum Gasteiger partial charge on any atom is -0.406 e. The number of aryl methyl sites for hydroxylation is 1. The molecular weight excluding hydrogens is 326 g/mol. The van der Waals surface area contributed by atoms with Crippen LogP contribution in [0.15, 0.2) is 64.4 Å². The van der Waals surface area contributed by atoms with Crippen molar-refractivity contribution in [3.63, 3.8) is 0 Å². The average Bonchev–Trinajstić information content (AvgIpc) is 3.12. The predicted octanol–water partition coefficient (Wildman–Crippen LogP) is 2.93. The normalized spacial score (nSPS) is 11.5. The maximum atomic E-state index is 12.3. The summed E-state index contributed by atoms with van der Waals surface area (Å²) in [4.78, 5) is 4.06. The third-order valence-electron chi connectivity index (χ3n) is 3.53. The number of nitrogens with zero attached hydrogens (tertiary/aromatic N) is 3. The van der Waals surface area contributed by atoms with Gasteiger partial charge in [-0.15, -0.1) is 5.10 Å². The van der Waals surface area contributed by atoms with Gasteiger partial charge in [0.25, 0.3) is 5.89 Å². The highest BCUT2D eigenvalue weighted by Gasteiger charge is 2.22. The van der Waals surface area contributed by atoms with E-state index in [0.717, 1.165) is 12.8 Å². The van der Waals surface area contributed by atoms with Crippen LogP contribution in [0, 0.1) is 0 Å². The first kappa shape index (κ1) is 16.3. The molecule has 0 aliphatic heterocycles. The Morgan fingerprint density at radius 1 is 0.917 bits per heavy atom. The van der Waals surface area contributed by atoms with Gasteiger partial charge >= 0.3 is 5.22 Å². The van der Waals surface area contributed by atoms with Crippen molar-refractivity contribution in [2.24, 2.45) is 0 Å². The molecular formula is C17H17N3O3S. The van der Waals surface area contributed by atoms with E-state index < -0.39 is 9.84 Å². The summed E-state index contributed by atoms with van der Waals surface area (Å²) in [5.41, 5.74) is 1.65. The molecule has 2 heterocycles. The maximum Gasteiger partial charge on any atom is 0.335 e. The summed E-state index contributed by atoms with van der Waals surface area (Å²) < 4.78 is 29.8. The third kappa shape index (κ3) is 4.05. The molecule has 0 atom stereocenters. The van der Waals surface area contributed by atoms with Gasteiger partial charge in [0.2, 0.25) is 9.84 Å². The maximum absolute atomic E-state index is 12.3. The van der Waals surface area contributed by atoms with Gasteiger partial charge in [0, 0.05) is 6.20 Å². The lowest BCUT2D eigenvalue weighted by Gasteiger charge is -2.01. The molecule has 0 fully saturated rings. The van der Waals surface area contributed by atoms with Crippen LogP contribution in [0.4, 0.5) is 0 Å². The van der Waals surface area contributed by atoms with Crippen molar-refractivity contribution in [1.29, 1.82) is 0 Å². The van der Waals surface area contributed by atoms with Gasteiger partial charge in [0.15, 0.2) is 0 Å². The van der Waals surface area contributed by atoms with Crippen LogP contribution >= 0.6 is 0 Å². The van der Waals surface area contributed by atoms with Gasteiger partial charge < -0.3 is 4.42 Å². The molecule has 0 unspecified atom stereocenters. The van der Waals surface area contributed by atoms with Gasteiger partial charge in [-0.25, -0.2) is 8.42 Å². The molecule has 0 N–H and O–H groups in total. The molecule has 3 rings (SSSR count). The molecule has 0 saturated carbocycles. The first-order valence-corrected chi connectivity index (χ1v) is 9.32. The van der Waals surface area contributed by atoms with E-state index in [-0.39, 0.29) is 16.9 Å². The highest BCUT2D eigenvalue weighted by molar-refractivity contribution is 7.91. The first-order chi connectivity index (χ1) is 11.6. The molecule has 1 aromatic carbocycles. The van der Waals surface area contributed by atoms with Crippen molar-refractivity contribution in [3.8, 4) is 11.6 Å². The summed E-state index contributed by atoms with van der Waals surface area (Å²) >= 11 is 0. The fourth-order valence-electron chi connectivity index (χ4n) is 2.28. The molecule has 0 spiro atoms. The van der Waals surface area contributed by atoms with Crippen molar-refractivity contribution in [3.05, 3.63) is 60.3 Å². The highest BCUT2D eigenvalue weighted by Crippen LogP contribution is 2.18. The topological polar surface area (TPSA) is 86.0 Å². The molecule has 0 bridgehead atoms. The monoisotopic (exact) mass is 343 g/mol. The summed E-state index contributed by atoms with van der Waals surface area (Å²) in [6.45, 7) is 0. The average molecular weight is 343 g/mol. The Bertz CT molecular complexity index is 878. The van der Waals surface area contributed by atoms with E-state index in [9.17, 15) is 8.42 Å². The number of hydrogen-bond acceptors (Lipinski definition) is 6. The van der Waals surface area contributed by atoms with Crippen molar-refractivity contribution >= 4 is 9.84 Å². The first-order valence-electron chi connectivity index (χ1n) is 7.67. The number of unbranched alkanes of at least 4 members (excludes halogenated alkanes) is 1. The standard InChI is InChI=1S/C17H17N3O3S/c21-24(22,13-7-5-10-14-8-2-1-3-9-14)17-20-19-16(23-17)15-11-4-6-12-18-15/h1-4,6,8-9,11-12H,5,7,10,13H2. The summed E-state index contributed by atoms with van der Waals surface area (Å²) in [5.74, 6) is 0.0995. The van der Waals surface area contributed by atoms with E-state index >= 15 is 0 Å². The lowest BCUT2D eigenvalue weighted by molar-refractivity contribution is 0.438. The molecule has 7 heteroatoms. The minimum absolute atomic E-state index is 0.0102. The lowest BCUT2D eigenvalue weighted by atomic mass is 10.1. The van der Waals surface area contributed by atoms with Crippen molar-refractivity contribution in [2.45, 2.75) is 24.5 Å². The van der Waals surface area contributed by atoms with Crippen LogP contribution in [0.25, 0.3) is 11.6 Å². The second kappa shape index (κ2) is 7.35. The molecule has 2 aromatic heterocycles.